The van der Waals surface area contributed by atoms with Crippen LogP contribution in [0.4, 0.5) is 0 Å². The summed E-state index contributed by atoms with van der Waals surface area (Å²) in [6, 6.07) is 15.4. The van der Waals surface area contributed by atoms with Crippen LogP contribution in [-0.4, -0.2) is 55.4 Å². The minimum atomic E-state index is -1.25. The maximum absolute atomic E-state index is 13.5. The van der Waals surface area contributed by atoms with Crippen molar-refractivity contribution in [3.63, 3.8) is 0 Å². The molecule has 0 aromatic heterocycles. The van der Waals surface area contributed by atoms with Crippen molar-refractivity contribution < 1.29 is 33.6 Å². The second-order valence-electron chi connectivity index (χ2n) is 8.52. The number of hydrogen-bond acceptors (Lipinski definition) is 7. The Kier molecular flexibility index (Phi) is 6.35. The van der Waals surface area contributed by atoms with Gasteiger partial charge in [-0.1, -0.05) is 56.1 Å². The molecule has 2 aliphatic heterocycles. The zero-order valence-electron chi connectivity index (χ0n) is 17.6. The molecule has 2 aromatic rings. The van der Waals surface area contributed by atoms with Gasteiger partial charge < -0.3 is 24.1 Å². The number of hydrogen-bond donors (Lipinski definition) is 1. The number of aliphatic hydroxyl groups is 1. The van der Waals surface area contributed by atoms with Gasteiger partial charge >= 0.3 is 11.9 Å². The average molecular weight is 582 g/mol. The second-order valence-corrected chi connectivity index (χ2v) is 10.3. The quantitative estimate of drug-likeness (QED) is 0.555. The van der Waals surface area contributed by atoms with E-state index in [-0.39, 0.29) is 18.4 Å². The van der Waals surface area contributed by atoms with E-state index < -0.39 is 48.4 Å². The van der Waals surface area contributed by atoms with Gasteiger partial charge in [-0.15, -0.1) is 0 Å². The van der Waals surface area contributed by atoms with E-state index in [2.05, 4.69) is 31.9 Å². The molecule has 3 fully saturated rings. The van der Waals surface area contributed by atoms with Crippen molar-refractivity contribution >= 4 is 43.8 Å². The van der Waals surface area contributed by atoms with E-state index in [1.165, 1.54) is 7.11 Å². The van der Waals surface area contributed by atoms with Crippen LogP contribution in [0.5, 0.6) is 0 Å². The van der Waals surface area contributed by atoms with Crippen LogP contribution in [0.1, 0.15) is 23.0 Å². The first kappa shape index (κ1) is 23.0. The van der Waals surface area contributed by atoms with E-state index in [1.807, 2.05) is 48.5 Å². The molecule has 1 saturated carbocycles. The van der Waals surface area contributed by atoms with Crippen LogP contribution in [0.3, 0.4) is 0 Å². The van der Waals surface area contributed by atoms with Gasteiger partial charge in [0.15, 0.2) is 18.5 Å². The second kappa shape index (κ2) is 9.11. The molecule has 8 atom stereocenters. The number of carbonyl (C=O) groups is 2. The zero-order valence-corrected chi connectivity index (χ0v) is 20.8. The van der Waals surface area contributed by atoms with Gasteiger partial charge in [-0.2, -0.15) is 0 Å². The Morgan fingerprint density at radius 2 is 1.42 bits per heavy atom. The molecule has 7 nitrogen and oxygen atoms in total. The third-order valence-corrected chi connectivity index (χ3v) is 7.71. The number of ether oxygens (including phenoxy) is 4. The van der Waals surface area contributed by atoms with Gasteiger partial charge in [0.05, 0.1) is 18.4 Å². The Labute approximate surface area is 207 Å². The molecule has 0 unspecified atom stereocenters. The summed E-state index contributed by atoms with van der Waals surface area (Å²) in [4.78, 5) is 26.9. The first-order chi connectivity index (χ1) is 15.9. The van der Waals surface area contributed by atoms with Gasteiger partial charge in [-0.3, -0.25) is 9.59 Å². The van der Waals surface area contributed by atoms with E-state index in [0.29, 0.717) is 0 Å². The fraction of sp³-hybridized carbons (Fsp3) is 0.417. The molecule has 174 valence electrons. The minimum absolute atomic E-state index is 0.0482. The summed E-state index contributed by atoms with van der Waals surface area (Å²) < 4.78 is 24.0. The lowest BCUT2D eigenvalue weighted by Gasteiger charge is -2.49. The zero-order chi connectivity index (χ0) is 23.3. The van der Waals surface area contributed by atoms with Gasteiger partial charge in [-0.25, -0.2) is 0 Å². The summed E-state index contributed by atoms with van der Waals surface area (Å²) >= 11 is 7.01. The fourth-order valence-corrected chi connectivity index (χ4v) is 6.05. The normalized spacial score (nSPS) is 35.8. The van der Waals surface area contributed by atoms with Crippen molar-refractivity contribution in [2.45, 2.75) is 36.4 Å². The van der Waals surface area contributed by atoms with Crippen molar-refractivity contribution in [2.24, 2.45) is 11.8 Å². The number of aliphatic hydroxyl groups excluding tert-OH is 1. The average Bonchev–Trinajstić information content (AvgIpc) is 2.77. The molecule has 3 aliphatic rings. The molecule has 2 saturated heterocycles. The number of halogens is 2. The van der Waals surface area contributed by atoms with E-state index in [0.717, 1.165) is 20.1 Å². The molecule has 0 amide bonds. The maximum Gasteiger partial charge on any atom is 0.311 e. The fourth-order valence-electron chi connectivity index (χ4n) is 5.22. The van der Waals surface area contributed by atoms with E-state index in [1.54, 1.807) is 0 Å². The van der Waals surface area contributed by atoms with Crippen LogP contribution in [0.25, 0.3) is 0 Å². The third-order valence-electron chi connectivity index (χ3n) is 6.72. The van der Waals surface area contributed by atoms with Gasteiger partial charge in [0, 0.05) is 27.9 Å². The van der Waals surface area contributed by atoms with Crippen molar-refractivity contribution in [3.8, 4) is 0 Å². The predicted molar refractivity (Wildman–Crippen MR) is 123 cm³/mol. The van der Waals surface area contributed by atoms with Crippen LogP contribution in [-0.2, 0) is 28.5 Å². The highest BCUT2D eigenvalue weighted by molar-refractivity contribution is 9.10. The molecule has 0 radical (unpaired) electrons. The van der Waals surface area contributed by atoms with Crippen molar-refractivity contribution in [1.29, 1.82) is 0 Å². The Morgan fingerprint density at radius 3 is 1.94 bits per heavy atom. The van der Waals surface area contributed by atoms with E-state index in [9.17, 15) is 14.7 Å². The third kappa shape index (κ3) is 4.04. The molecule has 1 N–H and O–H groups in total. The molecular weight excluding hydrogens is 560 g/mol. The summed E-state index contributed by atoms with van der Waals surface area (Å²) in [6.45, 7) is -0.0482. The van der Waals surface area contributed by atoms with Crippen LogP contribution in [0.15, 0.2) is 57.5 Å². The first-order valence-electron chi connectivity index (χ1n) is 10.6. The molecular formula is C24H22Br2O7. The summed E-state index contributed by atoms with van der Waals surface area (Å²) in [5.41, 5.74) is 1.82. The first-order valence-corrected chi connectivity index (χ1v) is 12.2. The van der Waals surface area contributed by atoms with Crippen LogP contribution < -0.4 is 0 Å². The number of esters is 2. The lowest BCUT2D eigenvalue weighted by molar-refractivity contribution is -0.270. The van der Waals surface area contributed by atoms with Crippen molar-refractivity contribution in [3.05, 3.63) is 68.6 Å². The summed E-state index contributed by atoms with van der Waals surface area (Å²) in [7, 11) is 1.41. The maximum atomic E-state index is 13.5. The molecule has 9 heteroatoms. The largest absolute Gasteiger partial charge is 0.457 e. The number of methoxy groups -OCH3 is 1. The number of carbonyl (C=O) groups excluding carboxylic acids is 2. The van der Waals surface area contributed by atoms with Gasteiger partial charge in [-0.05, 0) is 35.4 Å². The van der Waals surface area contributed by atoms with E-state index in [4.69, 9.17) is 18.9 Å². The highest BCUT2D eigenvalue weighted by Gasteiger charge is 2.62. The standard InChI is InChI=1S/C24H22Br2O7/c1-30-24-21-20(27)15(10-31-24)32-22(28)18-16(11-4-2-6-13(25)8-11)17(19(18)23(29)33-21)12-5-3-7-14(26)9-12/h2-9,15-21,24,27H,10H2,1H3/t15-,16-,17+,18+,19-,20+,21-,24-/m1/s1. The van der Waals surface area contributed by atoms with Crippen LogP contribution in [0.2, 0.25) is 0 Å². The Morgan fingerprint density at radius 1 is 0.879 bits per heavy atom. The number of benzene rings is 2. The SMILES string of the molecule is CO[C@@H]1OC[C@H]2OC(=O)[C@@H]3[C@H](C(=O)O[C@@H]1[C@H]2O)[C@@H](c1cccc(Br)c1)[C@H]3c1cccc(Br)c1. The summed E-state index contributed by atoms with van der Waals surface area (Å²) in [5.74, 6) is -3.29. The topological polar surface area (TPSA) is 91.3 Å². The summed E-state index contributed by atoms with van der Waals surface area (Å²) in [6.07, 6.45) is -4.24. The molecule has 2 heterocycles. The van der Waals surface area contributed by atoms with E-state index >= 15 is 0 Å². The number of rotatable bonds is 3. The molecule has 5 rings (SSSR count). The highest BCUT2D eigenvalue weighted by atomic mass is 79.9. The minimum Gasteiger partial charge on any atom is -0.457 e. The van der Waals surface area contributed by atoms with Crippen LogP contribution in [0, 0.1) is 11.8 Å². The lowest BCUT2D eigenvalue weighted by atomic mass is 9.52. The molecule has 33 heavy (non-hydrogen) atoms. The monoisotopic (exact) mass is 580 g/mol. The Hall–Kier alpha value is -1.78. The van der Waals surface area contributed by atoms with Crippen LogP contribution >= 0.6 is 31.9 Å². The Bertz CT molecular complexity index is 1080. The molecule has 2 aromatic carbocycles. The van der Waals surface area contributed by atoms with Gasteiger partial charge in [0.1, 0.15) is 6.10 Å². The van der Waals surface area contributed by atoms with Gasteiger partial charge in [0.2, 0.25) is 0 Å². The summed E-state index contributed by atoms with van der Waals surface area (Å²) in [5, 5.41) is 10.8. The smallest absolute Gasteiger partial charge is 0.311 e. The highest BCUT2D eigenvalue weighted by Crippen LogP contribution is 2.59. The van der Waals surface area contributed by atoms with Crippen molar-refractivity contribution in [1.82, 2.24) is 0 Å². The molecule has 0 spiro atoms. The van der Waals surface area contributed by atoms with Gasteiger partial charge in [0.25, 0.3) is 0 Å². The molecule has 1 aliphatic carbocycles. The Balaban J connectivity index is 1.60. The number of fused-ring (bicyclic) bond motifs is 3. The lowest BCUT2D eigenvalue weighted by Crippen LogP contribution is -2.56. The van der Waals surface area contributed by atoms with Crippen molar-refractivity contribution in [2.75, 3.05) is 13.7 Å². The predicted octanol–water partition coefficient (Wildman–Crippen LogP) is 3.53. The molecule has 2 bridgehead atoms.